The molecule has 70 valence electrons. The Hall–Kier alpha value is -2.24. The number of carbonyl (C=O) groups is 1. The second-order valence-electron chi connectivity index (χ2n) is 2.55. The Balaban J connectivity index is 2.81. The molecule has 0 aliphatic heterocycles. The van der Waals surface area contributed by atoms with Gasteiger partial charge in [0.1, 0.15) is 11.0 Å². The van der Waals surface area contributed by atoms with E-state index in [1.165, 1.54) is 18.6 Å². The van der Waals surface area contributed by atoms with E-state index < -0.39 is 17.4 Å². The van der Waals surface area contributed by atoms with Gasteiger partial charge in [0.2, 0.25) is 0 Å². The molecule has 2 aromatic rings. The molecule has 0 saturated carbocycles. The van der Waals surface area contributed by atoms with E-state index in [4.69, 9.17) is 5.11 Å². The number of aromatic nitrogens is 3. The Kier molecular flexibility index (Phi) is 1.74. The fourth-order valence-electron chi connectivity index (χ4n) is 1.08. The molecule has 0 spiro atoms. The summed E-state index contributed by atoms with van der Waals surface area (Å²) in [6.45, 7) is 0. The zero-order valence-electron chi connectivity index (χ0n) is 6.88. The molecule has 14 heavy (non-hydrogen) atoms. The van der Waals surface area contributed by atoms with Gasteiger partial charge in [-0.05, 0) is 0 Å². The van der Waals surface area contributed by atoms with Crippen LogP contribution in [-0.4, -0.2) is 31.1 Å². The summed E-state index contributed by atoms with van der Waals surface area (Å²) in [7, 11) is 0. The highest BCUT2D eigenvalue weighted by atomic mass is 16.4. The van der Waals surface area contributed by atoms with Crippen LogP contribution in [0.3, 0.4) is 0 Å². The van der Waals surface area contributed by atoms with Gasteiger partial charge >= 0.3 is 5.97 Å². The van der Waals surface area contributed by atoms with Crippen LogP contribution in [0.15, 0.2) is 18.6 Å². The molecular formula is C8H5N3O3. The summed E-state index contributed by atoms with van der Waals surface area (Å²) in [4.78, 5) is 21.8. The molecule has 0 bridgehead atoms. The number of rotatable bonds is 1. The van der Waals surface area contributed by atoms with E-state index in [-0.39, 0.29) is 5.52 Å². The second-order valence-corrected chi connectivity index (χ2v) is 2.55. The molecule has 2 heterocycles. The van der Waals surface area contributed by atoms with Crippen molar-refractivity contribution in [1.82, 2.24) is 15.0 Å². The van der Waals surface area contributed by atoms with Gasteiger partial charge in [-0.3, -0.25) is 4.98 Å². The van der Waals surface area contributed by atoms with Crippen molar-refractivity contribution in [2.45, 2.75) is 0 Å². The Morgan fingerprint density at radius 2 is 1.93 bits per heavy atom. The number of pyridine rings is 1. The van der Waals surface area contributed by atoms with Gasteiger partial charge in [-0.15, -0.1) is 0 Å². The first-order chi connectivity index (χ1) is 6.70. The molecule has 2 N–H and O–H groups in total. The fraction of sp³-hybridized carbons (Fsp3) is 0. The normalized spacial score (nSPS) is 10.3. The van der Waals surface area contributed by atoms with Gasteiger partial charge in [0, 0.05) is 12.4 Å². The standard InChI is InChI=1S/C8H5N3O3/c12-7-5-4(9-1-2-10-5)3-11-6(7)8(13)14/h1-3,12H,(H,13,14). The van der Waals surface area contributed by atoms with Crippen molar-refractivity contribution in [2.24, 2.45) is 0 Å². The Labute approximate surface area is 77.9 Å². The molecule has 6 heteroatoms. The third-order valence-corrected chi connectivity index (χ3v) is 1.69. The molecule has 0 fully saturated rings. The second kappa shape index (κ2) is 2.91. The molecule has 0 unspecified atom stereocenters. The first-order valence-corrected chi connectivity index (χ1v) is 3.72. The van der Waals surface area contributed by atoms with Gasteiger partial charge in [-0.2, -0.15) is 0 Å². The molecule has 0 amide bonds. The molecule has 2 aromatic heterocycles. The highest BCUT2D eigenvalue weighted by molar-refractivity contribution is 5.95. The van der Waals surface area contributed by atoms with Crippen LogP contribution in [0.2, 0.25) is 0 Å². The monoisotopic (exact) mass is 191 g/mol. The summed E-state index contributed by atoms with van der Waals surface area (Å²) in [6, 6.07) is 0. The van der Waals surface area contributed by atoms with Crippen LogP contribution in [0.4, 0.5) is 0 Å². The highest BCUT2D eigenvalue weighted by Crippen LogP contribution is 2.22. The SMILES string of the molecule is O=C(O)c1ncc2nccnc2c1O. The van der Waals surface area contributed by atoms with Gasteiger partial charge in [0.25, 0.3) is 0 Å². The van der Waals surface area contributed by atoms with Gasteiger partial charge in [0.15, 0.2) is 11.4 Å². The Morgan fingerprint density at radius 3 is 2.64 bits per heavy atom. The van der Waals surface area contributed by atoms with E-state index >= 15 is 0 Å². The van der Waals surface area contributed by atoms with E-state index in [0.29, 0.717) is 5.52 Å². The number of fused-ring (bicyclic) bond motifs is 1. The summed E-state index contributed by atoms with van der Waals surface area (Å²) >= 11 is 0. The van der Waals surface area contributed by atoms with Crippen LogP contribution in [0, 0.1) is 0 Å². The predicted octanol–water partition coefficient (Wildman–Crippen LogP) is 0.429. The first kappa shape index (κ1) is 8.36. The molecule has 0 saturated heterocycles. The lowest BCUT2D eigenvalue weighted by Crippen LogP contribution is -2.01. The molecule has 0 atom stereocenters. The molecule has 0 aromatic carbocycles. The molecule has 0 radical (unpaired) electrons. The first-order valence-electron chi connectivity index (χ1n) is 3.72. The van der Waals surface area contributed by atoms with Crippen LogP contribution in [0.1, 0.15) is 10.5 Å². The lowest BCUT2D eigenvalue weighted by Gasteiger charge is -2.00. The zero-order valence-corrected chi connectivity index (χ0v) is 6.88. The van der Waals surface area contributed by atoms with Crippen LogP contribution >= 0.6 is 0 Å². The lowest BCUT2D eigenvalue weighted by molar-refractivity contribution is 0.0687. The van der Waals surface area contributed by atoms with E-state index in [0.717, 1.165) is 0 Å². The van der Waals surface area contributed by atoms with E-state index in [2.05, 4.69) is 15.0 Å². The molecular weight excluding hydrogens is 186 g/mol. The van der Waals surface area contributed by atoms with Crippen molar-refractivity contribution in [2.75, 3.05) is 0 Å². The number of aromatic hydroxyl groups is 1. The third-order valence-electron chi connectivity index (χ3n) is 1.69. The highest BCUT2D eigenvalue weighted by Gasteiger charge is 2.15. The van der Waals surface area contributed by atoms with Crippen LogP contribution in [0.25, 0.3) is 11.0 Å². The van der Waals surface area contributed by atoms with Crippen LogP contribution < -0.4 is 0 Å². The van der Waals surface area contributed by atoms with Crippen molar-refractivity contribution < 1.29 is 15.0 Å². The molecule has 2 rings (SSSR count). The lowest BCUT2D eigenvalue weighted by atomic mass is 10.3. The number of carboxylic acid groups (broad SMARTS) is 1. The largest absolute Gasteiger partial charge is 0.504 e. The zero-order chi connectivity index (χ0) is 10.1. The number of aromatic carboxylic acids is 1. The predicted molar refractivity (Wildman–Crippen MR) is 46.0 cm³/mol. The minimum atomic E-state index is -1.30. The van der Waals surface area contributed by atoms with E-state index in [9.17, 15) is 9.90 Å². The Morgan fingerprint density at radius 1 is 1.21 bits per heavy atom. The van der Waals surface area contributed by atoms with Crippen molar-refractivity contribution >= 4 is 17.0 Å². The molecule has 0 aliphatic rings. The average molecular weight is 191 g/mol. The van der Waals surface area contributed by atoms with Crippen LogP contribution in [0.5, 0.6) is 5.75 Å². The number of hydrogen-bond acceptors (Lipinski definition) is 5. The number of hydrogen-bond donors (Lipinski definition) is 2. The van der Waals surface area contributed by atoms with Gasteiger partial charge in [0.05, 0.1) is 6.20 Å². The van der Waals surface area contributed by atoms with E-state index in [1.54, 1.807) is 0 Å². The average Bonchev–Trinajstić information content (AvgIpc) is 2.18. The van der Waals surface area contributed by atoms with Crippen molar-refractivity contribution in [3.8, 4) is 5.75 Å². The fourth-order valence-corrected chi connectivity index (χ4v) is 1.08. The van der Waals surface area contributed by atoms with Crippen LogP contribution in [-0.2, 0) is 0 Å². The maximum Gasteiger partial charge on any atom is 0.358 e. The topological polar surface area (TPSA) is 96.2 Å². The summed E-state index contributed by atoms with van der Waals surface area (Å²) in [6.07, 6.45) is 4.06. The van der Waals surface area contributed by atoms with Gasteiger partial charge in [-0.25, -0.2) is 14.8 Å². The number of nitrogens with zero attached hydrogens (tertiary/aromatic N) is 3. The van der Waals surface area contributed by atoms with Gasteiger partial charge in [-0.1, -0.05) is 0 Å². The molecule has 6 nitrogen and oxygen atoms in total. The smallest absolute Gasteiger partial charge is 0.358 e. The van der Waals surface area contributed by atoms with Crippen molar-refractivity contribution in [3.05, 3.63) is 24.3 Å². The summed E-state index contributed by atoms with van der Waals surface area (Å²) in [5.41, 5.74) is 0.0768. The van der Waals surface area contributed by atoms with Gasteiger partial charge < -0.3 is 10.2 Å². The quantitative estimate of drug-likeness (QED) is 0.678. The summed E-state index contributed by atoms with van der Waals surface area (Å²) in [5, 5.41) is 18.1. The molecule has 0 aliphatic carbocycles. The van der Waals surface area contributed by atoms with Crippen molar-refractivity contribution in [3.63, 3.8) is 0 Å². The number of carboxylic acids is 1. The minimum Gasteiger partial charge on any atom is -0.504 e. The summed E-state index contributed by atoms with van der Waals surface area (Å²) in [5.74, 6) is -1.75. The maximum absolute atomic E-state index is 10.6. The third kappa shape index (κ3) is 1.13. The van der Waals surface area contributed by atoms with Crippen molar-refractivity contribution in [1.29, 1.82) is 0 Å². The Bertz CT molecular complexity index is 512. The summed E-state index contributed by atoms with van der Waals surface area (Å²) < 4.78 is 0. The maximum atomic E-state index is 10.6. The minimum absolute atomic E-state index is 0.139. The van der Waals surface area contributed by atoms with E-state index in [1.807, 2.05) is 0 Å².